The van der Waals surface area contributed by atoms with Crippen LogP contribution in [0.15, 0.2) is 30.3 Å². The molecule has 0 saturated carbocycles. The zero-order chi connectivity index (χ0) is 17.0. The fourth-order valence-electron chi connectivity index (χ4n) is 2.33. The van der Waals surface area contributed by atoms with Gasteiger partial charge in [0, 0.05) is 5.54 Å². The summed E-state index contributed by atoms with van der Waals surface area (Å²) in [7, 11) is -2.05. The Labute approximate surface area is 134 Å². The van der Waals surface area contributed by atoms with Gasteiger partial charge in [-0.25, -0.2) is 0 Å². The van der Waals surface area contributed by atoms with E-state index in [1.807, 2.05) is 30.3 Å². The molecular weight excluding hydrogens is 296 g/mol. The lowest BCUT2D eigenvalue weighted by Gasteiger charge is -2.44. The monoisotopic (exact) mass is 324 g/mol. The van der Waals surface area contributed by atoms with Gasteiger partial charge in [0.25, 0.3) is 0 Å². The lowest BCUT2D eigenvalue weighted by molar-refractivity contribution is -0.144. The van der Waals surface area contributed by atoms with Gasteiger partial charge >= 0.3 is 5.97 Å². The second-order valence-electron chi connectivity index (χ2n) is 7.36. The Hall–Kier alpha value is -1.17. The average Bonchev–Trinajstić information content (AvgIpc) is 2.41. The van der Waals surface area contributed by atoms with Crippen molar-refractivity contribution >= 4 is 14.0 Å². The van der Waals surface area contributed by atoms with Crippen LogP contribution in [0.4, 0.5) is 0 Å². The molecule has 0 heterocycles. The van der Waals surface area contributed by atoms with E-state index in [4.69, 9.17) is 4.74 Å². The molecular formula is C17H28O4Si. The summed E-state index contributed by atoms with van der Waals surface area (Å²) in [6.07, 6.45) is -1.12. The van der Waals surface area contributed by atoms with Crippen LogP contribution >= 0.6 is 0 Å². The summed E-state index contributed by atoms with van der Waals surface area (Å²) in [5.41, 5.74) is 0.611. The molecule has 2 N–H and O–H groups in total. The summed E-state index contributed by atoms with van der Waals surface area (Å²) in [6, 6.07) is 9.58. The van der Waals surface area contributed by atoms with Crippen LogP contribution in [0.1, 0.15) is 32.8 Å². The molecule has 0 spiro atoms. The first-order valence-electron chi connectivity index (χ1n) is 7.61. The third-order valence-electron chi connectivity index (χ3n) is 4.86. The average molecular weight is 324 g/mol. The molecule has 0 radical (unpaired) electrons. The molecule has 1 aromatic rings. The van der Waals surface area contributed by atoms with Crippen molar-refractivity contribution in [2.24, 2.45) is 0 Å². The van der Waals surface area contributed by atoms with Crippen molar-refractivity contribution in [1.29, 1.82) is 0 Å². The van der Waals surface area contributed by atoms with Crippen LogP contribution in [0.3, 0.4) is 0 Å². The Morgan fingerprint density at radius 2 is 1.77 bits per heavy atom. The van der Waals surface area contributed by atoms with E-state index >= 15 is 0 Å². The highest BCUT2D eigenvalue weighted by atomic mass is 28.3. The molecule has 0 bridgehead atoms. The molecule has 22 heavy (non-hydrogen) atoms. The van der Waals surface area contributed by atoms with Crippen molar-refractivity contribution < 1.29 is 19.7 Å². The van der Waals surface area contributed by atoms with Gasteiger partial charge in [-0.3, -0.25) is 4.79 Å². The number of carboxylic acid groups (broad SMARTS) is 1. The van der Waals surface area contributed by atoms with E-state index < -0.39 is 20.3 Å². The van der Waals surface area contributed by atoms with E-state index in [9.17, 15) is 15.0 Å². The summed E-state index contributed by atoms with van der Waals surface area (Å²) >= 11 is 0. The number of carbonyl (C=O) groups is 1. The summed E-state index contributed by atoms with van der Waals surface area (Å²) in [5, 5.41) is 19.6. The molecule has 0 aliphatic carbocycles. The van der Waals surface area contributed by atoms with Gasteiger partial charge in [-0.15, -0.1) is 0 Å². The van der Waals surface area contributed by atoms with Crippen LogP contribution in [0.2, 0.25) is 23.7 Å². The zero-order valence-electron chi connectivity index (χ0n) is 14.2. The van der Waals surface area contributed by atoms with E-state index in [1.165, 1.54) is 0 Å². The second kappa shape index (κ2) is 7.40. The molecule has 2 unspecified atom stereocenters. The van der Waals surface area contributed by atoms with Gasteiger partial charge in [0.15, 0.2) is 6.29 Å². The second-order valence-corrected chi connectivity index (χ2v) is 13.0. The highest BCUT2D eigenvalue weighted by Crippen LogP contribution is 2.46. The van der Waals surface area contributed by atoms with Gasteiger partial charge in [-0.05, 0) is 10.6 Å². The molecule has 2 atom stereocenters. The Morgan fingerprint density at radius 1 is 1.23 bits per heavy atom. The maximum atomic E-state index is 11.2. The number of carboxylic acids is 1. The molecule has 0 fully saturated rings. The number of ether oxygens (including phenoxy) is 1. The van der Waals surface area contributed by atoms with Crippen molar-refractivity contribution in [2.75, 3.05) is 0 Å². The third kappa shape index (κ3) is 4.93. The number of aliphatic hydroxyl groups excluding tert-OH is 1. The zero-order valence-corrected chi connectivity index (χ0v) is 15.2. The molecule has 1 rings (SSSR count). The lowest BCUT2D eigenvalue weighted by Crippen LogP contribution is -2.48. The minimum absolute atomic E-state index is 0.0236. The summed E-state index contributed by atoms with van der Waals surface area (Å²) < 4.78 is 5.60. The Kier molecular flexibility index (Phi) is 6.34. The minimum Gasteiger partial charge on any atom is -0.481 e. The van der Waals surface area contributed by atoms with Gasteiger partial charge in [-0.2, -0.15) is 0 Å². The number of aliphatic carboxylic acids is 1. The van der Waals surface area contributed by atoms with E-state index in [-0.39, 0.29) is 23.6 Å². The van der Waals surface area contributed by atoms with Crippen LogP contribution < -0.4 is 0 Å². The highest BCUT2D eigenvalue weighted by Gasteiger charge is 2.46. The molecule has 124 valence electrons. The summed E-state index contributed by atoms with van der Waals surface area (Å²) in [4.78, 5) is 11.2. The molecule has 0 aliphatic rings. The first-order chi connectivity index (χ1) is 10.1. The fourth-order valence-corrected chi connectivity index (χ4v) is 4.94. The largest absolute Gasteiger partial charge is 0.481 e. The fraction of sp³-hybridized carbons (Fsp3) is 0.588. The SMILES string of the molecule is CC(C)(C)[Si](C)(C)C(CC(=O)O)C(O)OCc1ccccc1. The Morgan fingerprint density at radius 3 is 2.23 bits per heavy atom. The molecule has 5 heteroatoms. The molecule has 0 aromatic heterocycles. The quantitative estimate of drug-likeness (QED) is 0.590. The Bertz CT molecular complexity index is 479. The van der Waals surface area contributed by atoms with Gasteiger partial charge in [-0.1, -0.05) is 64.2 Å². The highest BCUT2D eigenvalue weighted by molar-refractivity contribution is 6.81. The van der Waals surface area contributed by atoms with Crippen LogP contribution in [-0.4, -0.2) is 30.5 Å². The molecule has 0 amide bonds. The van der Waals surface area contributed by atoms with Crippen molar-refractivity contribution in [3.05, 3.63) is 35.9 Å². The van der Waals surface area contributed by atoms with Crippen LogP contribution in [-0.2, 0) is 16.1 Å². The topological polar surface area (TPSA) is 66.8 Å². The third-order valence-corrected chi connectivity index (χ3v) is 11.1. The molecule has 4 nitrogen and oxygen atoms in total. The normalized spacial score (nSPS) is 15.4. The molecule has 0 aliphatic heterocycles. The Balaban J connectivity index is 2.85. The summed E-state index contributed by atoms with van der Waals surface area (Å²) in [6.45, 7) is 10.9. The maximum Gasteiger partial charge on any atom is 0.303 e. The van der Waals surface area contributed by atoms with Gasteiger partial charge in [0.05, 0.1) is 21.1 Å². The molecule has 1 aromatic carbocycles. The first kappa shape index (κ1) is 18.9. The van der Waals surface area contributed by atoms with E-state index in [0.29, 0.717) is 0 Å². The predicted molar refractivity (Wildman–Crippen MR) is 90.4 cm³/mol. The van der Waals surface area contributed by atoms with Gasteiger partial charge in [0.2, 0.25) is 0 Å². The minimum atomic E-state index is -2.05. The predicted octanol–water partition coefficient (Wildman–Crippen LogP) is 3.88. The molecule has 0 saturated heterocycles. The number of hydrogen-bond acceptors (Lipinski definition) is 3. The van der Waals surface area contributed by atoms with E-state index in [1.54, 1.807) is 0 Å². The van der Waals surface area contributed by atoms with Crippen LogP contribution in [0, 0.1) is 0 Å². The van der Waals surface area contributed by atoms with Crippen LogP contribution in [0.25, 0.3) is 0 Å². The van der Waals surface area contributed by atoms with Gasteiger partial charge in [0.1, 0.15) is 0 Å². The lowest BCUT2D eigenvalue weighted by atomic mass is 10.2. The first-order valence-corrected chi connectivity index (χ1v) is 10.7. The van der Waals surface area contributed by atoms with Crippen molar-refractivity contribution in [3.63, 3.8) is 0 Å². The van der Waals surface area contributed by atoms with Crippen molar-refractivity contribution in [2.45, 2.75) is 63.8 Å². The van der Waals surface area contributed by atoms with Crippen molar-refractivity contribution in [3.8, 4) is 0 Å². The number of benzene rings is 1. The number of aliphatic hydroxyl groups is 1. The van der Waals surface area contributed by atoms with Crippen LogP contribution in [0.5, 0.6) is 0 Å². The maximum absolute atomic E-state index is 11.2. The smallest absolute Gasteiger partial charge is 0.303 e. The number of hydrogen-bond donors (Lipinski definition) is 2. The van der Waals surface area contributed by atoms with E-state index in [2.05, 4.69) is 33.9 Å². The number of rotatable bonds is 7. The van der Waals surface area contributed by atoms with Crippen molar-refractivity contribution in [1.82, 2.24) is 0 Å². The van der Waals surface area contributed by atoms with E-state index in [0.717, 1.165) is 5.56 Å². The summed E-state index contributed by atoms with van der Waals surface area (Å²) in [5.74, 6) is -0.891. The standard InChI is InChI=1S/C17H28O4Si/c1-17(2,3)22(4,5)14(11-15(18)19)16(20)21-12-13-9-7-6-8-10-13/h6-10,14,16,20H,11-12H2,1-5H3,(H,18,19). The van der Waals surface area contributed by atoms with Gasteiger partial charge < -0.3 is 14.9 Å².